The first kappa shape index (κ1) is 19.5. The normalized spacial score (nSPS) is 24.9. The van der Waals surface area contributed by atoms with Gasteiger partial charge in [-0.15, -0.1) is 0 Å². The number of carboxylic acids is 1. The van der Waals surface area contributed by atoms with Gasteiger partial charge in [-0.1, -0.05) is 18.5 Å². The Morgan fingerprint density at radius 2 is 2.00 bits per heavy atom. The van der Waals surface area contributed by atoms with Crippen molar-refractivity contribution in [3.8, 4) is 5.75 Å². The third-order valence-corrected chi connectivity index (χ3v) is 5.67. The highest BCUT2D eigenvalue weighted by Gasteiger charge is 2.43. The smallest absolute Gasteiger partial charge is 0.308 e. The molecule has 0 aliphatic carbocycles. The van der Waals surface area contributed by atoms with Gasteiger partial charge in [0, 0.05) is 24.7 Å². The molecule has 0 radical (unpaired) electrons. The lowest BCUT2D eigenvalue weighted by Crippen LogP contribution is -2.47. The largest absolute Gasteiger partial charge is 0.496 e. The van der Waals surface area contributed by atoms with Crippen molar-refractivity contribution in [2.75, 3.05) is 26.7 Å². The van der Waals surface area contributed by atoms with Gasteiger partial charge in [-0.3, -0.25) is 14.4 Å². The van der Waals surface area contributed by atoms with Gasteiger partial charge in [0.2, 0.25) is 5.91 Å². The highest BCUT2D eigenvalue weighted by atomic mass is 35.5. The molecule has 146 valence electrons. The van der Waals surface area contributed by atoms with Gasteiger partial charge in [0.15, 0.2) is 0 Å². The summed E-state index contributed by atoms with van der Waals surface area (Å²) in [5.74, 6) is -1.63. The molecule has 2 aliphatic heterocycles. The Hall–Kier alpha value is -2.28. The Labute approximate surface area is 162 Å². The highest BCUT2D eigenvalue weighted by Crippen LogP contribution is 2.30. The number of aliphatic carboxylic acids is 1. The van der Waals surface area contributed by atoms with Gasteiger partial charge in [-0.25, -0.2) is 0 Å². The van der Waals surface area contributed by atoms with E-state index in [1.165, 1.54) is 7.11 Å². The Kier molecular flexibility index (Phi) is 5.60. The predicted molar refractivity (Wildman–Crippen MR) is 98.9 cm³/mol. The van der Waals surface area contributed by atoms with Crippen LogP contribution in [0.1, 0.15) is 30.1 Å². The van der Waals surface area contributed by atoms with Gasteiger partial charge in [-0.2, -0.15) is 0 Å². The number of methoxy groups -OCH3 is 1. The number of benzene rings is 1. The van der Waals surface area contributed by atoms with Crippen LogP contribution in [0, 0.1) is 11.8 Å². The topological polar surface area (TPSA) is 87.2 Å². The second kappa shape index (κ2) is 7.76. The van der Waals surface area contributed by atoms with Crippen molar-refractivity contribution in [3.05, 3.63) is 28.8 Å². The summed E-state index contributed by atoms with van der Waals surface area (Å²) in [5.41, 5.74) is 0.322. The first-order chi connectivity index (χ1) is 12.8. The number of ether oxygens (including phenoxy) is 1. The molecule has 1 aromatic rings. The lowest BCUT2D eigenvalue weighted by molar-refractivity contribution is -0.142. The number of carboxylic acid groups (broad SMARTS) is 1. The minimum Gasteiger partial charge on any atom is -0.496 e. The summed E-state index contributed by atoms with van der Waals surface area (Å²) in [6.45, 7) is 2.89. The lowest BCUT2D eigenvalue weighted by atomic mass is 9.99. The maximum atomic E-state index is 13.1. The van der Waals surface area contributed by atoms with Crippen LogP contribution in [0.2, 0.25) is 5.02 Å². The SMILES string of the molecule is COc1ccc(Cl)cc1C(=O)N1CCCC1C(=O)N1C[C@@H](C)[C@H](C(=O)O)C1. The molecule has 1 aromatic carbocycles. The van der Waals surface area contributed by atoms with Crippen LogP contribution in [0.3, 0.4) is 0 Å². The van der Waals surface area contributed by atoms with Crippen molar-refractivity contribution in [2.45, 2.75) is 25.8 Å². The van der Waals surface area contributed by atoms with Crippen LogP contribution in [0.15, 0.2) is 18.2 Å². The summed E-state index contributed by atoms with van der Waals surface area (Å²) < 4.78 is 5.26. The molecule has 2 amide bonds. The number of likely N-dealkylation sites (tertiary alicyclic amines) is 2. The Balaban J connectivity index is 1.79. The first-order valence-corrected chi connectivity index (χ1v) is 9.37. The summed E-state index contributed by atoms with van der Waals surface area (Å²) >= 11 is 6.03. The number of nitrogens with zero attached hydrogens (tertiary/aromatic N) is 2. The molecule has 7 nitrogen and oxygen atoms in total. The molecule has 8 heteroatoms. The van der Waals surface area contributed by atoms with Crippen LogP contribution in [-0.2, 0) is 9.59 Å². The molecule has 1 N–H and O–H groups in total. The molecule has 27 heavy (non-hydrogen) atoms. The third-order valence-electron chi connectivity index (χ3n) is 5.43. The molecule has 2 fully saturated rings. The van der Waals surface area contributed by atoms with Crippen molar-refractivity contribution in [1.29, 1.82) is 0 Å². The summed E-state index contributed by atoms with van der Waals surface area (Å²) in [6.07, 6.45) is 1.28. The monoisotopic (exact) mass is 394 g/mol. The molecular formula is C19H23ClN2O5. The first-order valence-electron chi connectivity index (χ1n) is 8.99. The second-order valence-corrected chi connectivity index (χ2v) is 7.60. The van der Waals surface area contributed by atoms with Gasteiger partial charge >= 0.3 is 5.97 Å². The van der Waals surface area contributed by atoms with Crippen LogP contribution in [0.25, 0.3) is 0 Å². The fraction of sp³-hybridized carbons (Fsp3) is 0.526. The van der Waals surface area contributed by atoms with Gasteiger partial charge in [-0.05, 0) is 37.0 Å². The van der Waals surface area contributed by atoms with Crippen molar-refractivity contribution < 1.29 is 24.2 Å². The maximum Gasteiger partial charge on any atom is 0.308 e. The molecular weight excluding hydrogens is 372 g/mol. The minimum atomic E-state index is -0.888. The van der Waals surface area contributed by atoms with E-state index >= 15 is 0 Å². The molecule has 0 spiro atoms. The van der Waals surface area contributed by atoms with Crippen molar-refractivity contribution in [2.24, 2.45) is 11.8 Å². The van der Waals surface area contributed by atoms with Gasteiger partial charge < -0.3 is 19.6 Å². The number of amides is 2. The molecule has 0 aromatic heterocycles. The minimum absolute atomic E-state index is 0.106. The Morgan fingerprint density at radius 3 is 2.63 bits per heavy atom. The summed E-state index contributed by atoms with van der Waals surface area (Å²) in [6, 6.07) is 4.23. The maximum absolute atomic E-state index is 13.1. The quantitative estimate of drug-likeness (QED) is 0.845. The number of hydrogen-bond acceptors (Lipinski definition) is 4. The van der Waals surface area contributed by atoms with Crippen LogP contribution < -0.4 is 4.74 Å². The van der Waals surface area contributed by atoms with E-state index in [-0.39, 0.29) is 24.3 Å². The average molecular weight is 395 g/mol. The fourth-order valence-corrected chi connectivity index (χ4v) is 4.12. The van der Waals surface area contributed by atoms with Gasteiger partial charge in [0.1, 0.15) is 11.8 Å². The van der Waals surface area contributed by atoms with Crippen molar-refractivity contribution >= 4 is 29.4 Å². The van der Waals surface area contributed by atoms with E-state index in [1.54, 1.807) is 28.0 Å². The molecule has 2 aliphatic rings. The summed E-state index contributed by atoms with van der Waals surface area (Å²) in [5, 5.41) is 9.71. The van der Waals surface area contributed by atoms with Crippen LogP contribution >= 0.6 is 11.6 Å². The van der Waals surface area contributed by atoms with E-state index in [2.05, 4.69) is 0 Å². The van der Waals surface area contributed by atoms with E-state index in [4.69, 9.17) is 16.3 Å². The summed E-state index contributed by atoms with van der Waals surface area (Å²) in [4.78, 5) is 40.5. The lowest BCUT2D eigenvalue weighted by Gasteiger charge is -2.28. The van der Waals surface area contributed by atoms with Gasteiger partial charge in [0.25, 0.3) is 5.91 Å². The van der Waals surface area contributed by atoms with E-state index in [9.17, 15) is 19.5 Å². The molecule has 0 saturated carbocycles. The number of hydrogen-bond donors (Lipinski definition) is 1. The highest BCUT2D eigenvalue weighted by molar-refractivity contribution is 6.31. The van der Waals surface area contributed by atoms with E-state index in [0.717, 1.165) is 6.42 Å². The zero-order valence-corrected chi connectivity index (χ0v) is 16.1. The Bertz CT molecular complexity index is 768. The fourth-order valence-electron chi connectivity index (χ4n) is 3.95. The Morgan fingerprint density at radius 1 is 1.26 bits per heavy atom. The number of halogens is 1. The number of carbonyl (C=O) groups excluding carboxylic acids is 2. The second-order valence-electron chi connectivity index (χ2n) is 7.17. The predicted octanol–water partition coefficient (Wildman–Crippen LogP) is 2.13. The molecule has 1 unspecified atom stereocenters. The number of carbonyl (C=O) groups is 3. The molecule has 2 heterocycles. The molecule has 0 bridgehead atoms. The van der Waals surface area contributed by atoms with Crippen LogP contribution in [0.5, 0.6) is 5.75 Å². The standard InChI is InChI=1S/C19H23ClN2O5/c1-11-9-21(10-14(11)19(25)26)18(24)15-4-3-7-22(15)17(23)13-8-12(20)5-6-16(13)27-2/h5-6,8,11,14-15H,3-4,7,9-10H2,1-2H3,(H,25,26)/t11-,14-,15?/m1/s1. The van der Waals surface area contributed by atoms with E-state index in [1.807, 2.05) is 6.92 Å². The van der Waals surface area contributed by atoms with E-state index in [0.29, 0.717) is 35.8 Å². The van der Waals surface area contributed by atoms with Crippen molar-refractivity contribution in [1.82, 2.24) is 9.80 Å². The van der Waals surface area contributed by atoms with Crippen LogP contribution in [0.4, 0.5) is 0 Å². The van der Waals surface area contributed by atoms with E-state index < -0.39 is 17.9 Å². The van der Waals surface area contributed by atoms with Crippen LogP contribution in [-0.4, -0.2) is 65.5 Å². The van der Waals surface area contributed by atoms with Gasteiger partial charge in [0.05, 0.1) is 18.6 Å². The average Bonchev–Trinajstić information content (AvgIpc) is 3.27. The summed E-state index contributed by atoms with van der Waals surface area (Å²) in [7, 11) is 1.48. The molecule has 3 atom stereocenters. The zero-order chi connectivity index (χ0) is 19.7. The molecule has 2 saturated heterocycles. The number of rotatable bonds is 4. The van der Waals surface area contributed by atoms with Crippen molar-refractivity contribution in [3.63, 3.8) is 0 Å². The zero-order valence-electron chi connectivity index (χ0n) is 15.4. The molecule has 3 rings (SSSR count). The third kappa shape index (κ3) is 3.74.